The molecule has 0 fully saturated rings. The topological polar surface area (TPSA) is 136 Å². The van der Waals surface area contributed by atoms with E-state index < -0.39 is 5.97 Å². The standard InChI is InChI=1S/C6HCl5O.C2H7N3.C2H4O2/c7-1-2(8)4(10)6(12)5(11)3(1)9;3-1-2(4)5;1-2(3)4/h12H;1H,3-5H2;1H3,(H,3,4). The molecule has 0 radical (unpaired) electrons. The van der Waals surface area contributed by atoms with Crippen molar-refractivity contribution >= 4 is 64.0 Å². The van der Waals surface area contributed by atoms with E-state index in [4.69, 9.17) is 85.1 Å². The van der Waals surface area contributed by atoms with Crippen molar-refractivity contribution in [1.82, 2.24) is 0 Å². The van der Waals surface area contributed by atoms with Crippen molar-refractivity contribution in [3.8, 4) is 5.75 Å². The van der Waals surface area contributed by atoms with E-state index in [0.29, 0.717) is 0 Å². The molecule has 120 valence electrons. The van der Waals surface area contributed by atoms with Gasteiger partial charge in [0.25, 0.3) is 5.97 Å². The predicted octanol–water partition coefficient (Wildman–Crippen LogP) is 3.41. The van der Waals surface area contributed by atoms with Crippen LogP contribution in [0.3, 0.4) is 0 Å². The third kappa shape index (κ3) is 8.85. The highest BCUT2D eigenvalue weighted by atomic mass is 35.5. The van der Waals surface area contributed by atoms with Crippen molar-refractivity contribution in [1.29, 1.82) is 0 Å². The molecule has 0 aliphatic rings. The van der Waals surface area contributed by atoms with Gasteiger partial charge >= 0.3 is 0 Å². The van der Waals surface area contributed by atoms with Crippen molar-refractivity contribution in [2.24, 2.45) is 17.2 Å². The number of benzene rings is 1. The van der Waals surface area contributed by atoms with E-state index in [1.807, 2.05) is 0 Å². The second kappa shape index (κ2) is 10.8. The van der Waals surface area contributed by atoms with Gasteiger partial charge < -0.3 is 27.4 Å². The van der Waals surface area contributed by atoms with Crippen LogP contribution in [-0.4, -0.2) is 16.2 Å². The molecule has 6 nitrogen and oxygen atoms in total. The van der Waals surface area contributed by atoms with Gasteiger partial charge in [-0.25, -0.2) is 0 Å². The van der Waals surface area contributed by atoms with E-state index >= 15 is 0 Å². The first-order valence-electron chi connectivity index (χ1n) is 4.80. The van der Waals surface area contributed by atoms with Crippen LogP contribution in [0.25, 0.3) is 0 Å². The molecule has 0 saturated heterocycles. The molecule has 1 aromatic rings. The number of aromatic hydroxyl groups is 1. The molecule has 0 unspecified atom stereocenters. The number of rotatable bonds is 0. The molecule has 0 heterocycles. The van der Waals surface area contributed by atoms with Crippen LogP contribution >= 0.6 is 58.0 Å². The molecule has 11 heteroatoms. The normalized spacial score (nSPS) is 8.67. The highest BCUT2D eigenvalue weighted by Crippen LogP contribution is 2.47. The molecule has 1 aromatic carbocycles. The Labute approximate surface area is 145 Å². The lowest BCUT2D eigenvalue weighted by atomic mass is 10.3. The summed E-state index contributed by atoms with van der Waals surface area (Å²) in [5, 5.41) is 16.4. The summed E-state index contributed by atoms with van der Waals surface area (Å²) in [6.07, 6.45) is 1.14. The lowest BCUT2D eigenvalue weighted by Gasteiger charge is -2.06. The summed E-state index contributed by atoms with van der Waals surface area (Å²) in [7, 11) is 0. The third-order valence-corrected chi connectivity index (χ3v) is 3.64. The van der Waals surface area contributed by atoms with Crippen molar-refractivity contribution in [2.75, 3.05) is 0 Å². The van der Waals surface area contributed by atoms with Crippen LogP contribution in [0.1, 0.15) is 6.92 Å². The van der Waals surface area contributed by atoms with Gasteiger partial charge in [-0.15, -0.1) is 0 Å². The Kier molecular flexibility index (Phi) is 11.5. The van der Waals surface area contributed by atoms with E-state index in [2.05, 4.69) is 0 Å². The van der Waals surface area contributed by atoms with E-state index in [1.165, 1.54) is 0 Å². The molecule has 0 bridgehead atoms. The molecular formula is C10H12Cl5N3O3. The molecule has 0 saturated carbocycles. The Morgan fingerprint density at radius 2 is 1.14 bits per heavy atom. The van der Waals surface area contributed by atoms with Gasteiger partial charge in [-0.2, -0.15) is 0 Å². The van der Waals surface area contributed by atoms with Gasteiger partial charge in [0.05, 0.1) is 15.1 Å². The van der Waals surface area contributed by atoms with E-state index in [9.17, 15) is 5.11 Å². The van der Waals surface area contributed by atoms with Crippen molar-refractivity contribution in [3.63, 3.8) is 0 Å². The van der Waals surface area contributed by atoms with Crippen molar-refractivity contribution < 1.29 is 15.0 Å². The summed E-state index contributed by atoms with van der Waals surface area (Å²) in [4.78, 5) is 9.00. The summed E-state index contributed by atoms with van der Waals surface area (Å²) >= 11 is 27.9. The van der Waals surface area contributed by atoms with Gasteiger partial charge in [0.2, 0.25) is 0 Å². The summed E-state index contributed by atoms with van der Waals surface area (Å²) in [6, 6.07) is 0. The van der Waals surface area contributed by atoms with E-state index in [0.717, 1.165) is 13.1 Å². The molecule has 0 amide bonds. The number of hydrogen-bond donors (Lipinski definition) is 5. The average molecular weight is 399 g/mol. The number of carboxylic acids is 1. The largest absolute Gasteiger partial charge is 0.505 e. The first-order valence-corrected chi connectivity index (χ1v) is 6.69. The lowest BCUT2D eigenvalue weighted by molar-refractivity contribution is -0.134. The number of hydrogen-bond acceptors (Lipinski definition) is 5. The molecule has 21 heavy (non-hydrogen) atoms. The molecule has 0 spiro atoms. The first kappa shape index (κ1) is 22.4. The fraction of sp³-hybridized carbons (Fsp3) is 0.100. The van der Waals surface area contributed by atoms with Gasteiger partial charge in [-0.1, -0.05) is 58.0 Å². The van der Waals surface area contributed by atoms with Crippen LogP contribution in [0.2, 0.25) is 25.1 Å². The van der Waals surface area contributed by atoms with Crippen LogP contribution in [-0.2, 0) is 4.79 Å². The molecule has 0 atom stereocenters. The average Bonchev–Trinajstić information content (AvgIpc) is 2.41. The molecule has 0 aromatic heterocycles. The highest BCUT2D eigenvalue weighted by molar-refractivity contribution is 6.55. The smallest absolute Gasteiger partial charge is 0.300 e. The Hall–Kier alpha value is -0.920. The Bertz CT molecular complexity index is 424. The zero-order chi connectivity index (χ0) is 17.3. The van der Waals surface area contributed by atoms with Crippen LogP contribution in [0.5, 0.6) is 5.75 Å². The molecule has 1 rings (SSSR count). The van der Waals surface area contributed by atoms with Crippen molar-refractivity contribution in [2.45, 2.75) is 6.92 Å². The van der Waals surface area contributed by atoms with Crippen molar-refractivity contribution in [3.05, 3.63) is 37.1 Å². The number of halogens is 5. The fourth-order valence-electron chi connectivity index (χ4n) is 0.593. The molecular weight excluding hydrogens is 387 g/mol. The minimum Gasteiger partial charge on any atom is -0.505 e. The zero-order valence-corrected chi connectivity index (χ0v) is 14.3. The monoisotopic (exact) mass is 397 g/mol. The van der Waals surface area contributed by atoms with Crippen LogP contribution in [0.15, 0.2) is 12.0 Å². The molecule has 0 aliphatic carbocycles. The summed E-state index contributed by atoms with van der Waals surface area (Å²) in [5.41, 5.74) is 14.4. The maximum atomic E-state index is 9.20. The summed E-state index contributed by atoms with van der Waals surface area (Å²) < 4.78 is 0. The minimum absolute atomic E-state index is 0.00904. The summed E-state index contributed by atoms with van der Waals surface area (Å²) in [6.45, 7) is 1.08. The molecule has 8 N–H and O–H groups in total. The number of phenols is 1. The highest BCUT2D eigenvalue weighted by Gasteiger charge is 2.18. The van der Waals surface area contributed by atoms with Crippen LogP contribution in [0.4, 0.5) is 0 Å². The Morgan fingerprint density at radius 1 is 0.952 bits per heavy atom. The lowest BCUT2D eigenvalue weighted by Crippen LogP contribution is -2.09. The van der Waals surface area contributed by atoms with E-state index in [1.54, 1.807) is 0 Å². The summed E-state index contributed by atoms with van der Waals surface area (Å²) in [5.74, 6) is -1.04. The van der Waals surface area contributed by atoms with E-state index in [-0.39, 0.29) is 36.7 Å². The zero-order valence-electron chi connectivity index (χ0n) is 10.5. The maximum Gasteiger partial charge on any atom is 0.300 e. The Balaban J connectivity index is 0. The SMILES string of the molecule is CC(=O)O.NC=C(N)N.Oc1c(Cl)c(Cl)c(Cl)c(Cl)c1Cl. The van der Waals surface area contributed by atoms with Gasteiger partial charge in [-0.3, -0.25) is 4.79 Å². The van der Waals surface area contributed by atoms with Gasteiger partial charge in [0, 0.05) is 13.1 Å². The maximum absolute atomic E-state index is 9.20. The number of aliphatic carboxylic acids is 1. The quantitative estimate of drug-likeness (QED) is 0.335. The number of carboxylic acid groups (broad SMARTS) is 1. The third-order valence-electron chi connectivity index (χ3n) is 1.38. The fourth-order valence-corrected chi connectivity index (χ4v) is 1.72. The minimum atomic E-state index is -0.833. The number of carbonyl (C=O) groups is 1. The number of nitrogens with two attached hydrogens (primary N) is 3. The second-order valence-electron chi connectivity index (χ2n) is 3.10. The first-order chi connectivity index (χ1) is 9.47. The number of phenolic OH excluding ortho intramolecular Hbond substituents is 1. The van der Waals surface area contributed by atoms with Crippen LogP contribution < -0.4 is 17.2 Å². The second-order valence-corrected chi connectivity index (χ2v) is 4.99. The molecule has 0 aliphatic heterocycles. The van der Waals surface area contributed by atoms with Crippen LogP contribution in [0, 0.1) is 0 Å². The van der Waals surface area contributed by atoms with Gasteiger partial charge in [-0.05, 0) is 0 Å². The van der Waals surface area contributed by atoms with Gasteiger partial charge in [0.1, 0.15) is 15.9 Å². The Morgan fingerprint density at radius 3 is 1.33 bits per heavy atom. The predicted molar refractivity (Wildman–Crippen MR) is 87.1 cm³/mol. The van der Waals surface area contributed by atoms with Gasteiger partial charge in [0.15, 0.2) is 5.75 Å².